The summed E-state index contributed by atoms with van der Waals surface area (Å²) in [5.74, 6) is 1.58. The van der Waals surface area contributed by atoms with E-state index >= 15 is 0 Å². The van der Waals surface area contributed by atoms with Crippen molar-refractivity contribution in [2.45, 2.75) is 45.8 Å². The maximum absolute atomic E-state index is 12.4. The van der Waals surface area contributed by atoms with Crippen molar-refractivity contribution in [3.8, 4) is 5.75 Å². The normalized spacial score (nSPS) is 22.5. The van der Waals surface area contributed by atoms with Crippen molar-refractivity contribution < 1.29 is 13.5 Å². The first-order valence-corrected chi connectivity index (χ1v) is 7.88. The average Bonchev–Trinajstić information content (AvgIpc) is 2.43. The topological polar surface area (TPSA) is 21.3 Å². The molecule has 0 saturated heterocycles. The molecule has 0 amide bonds. The molecule has 1 aliphatic carbocycles. The van der Waals surface area contributed by atoms with Crippen molar-refractivity contribution >= 4 is 11.6 Å². The Morgan fingerprint density at radius 1 is 1.33 bits per heavy atom. The lowest BCUT2D eigenvalue weighted by molar-refractivity contribution is -0.0505. The quantitative estimate of drug-likeness (QED) is 0.809. The van der Waals surface area contributed by atoms with E-state index in [1.54, 1.807) is 12.1 Å². The van der Waals surface area contributed by atoms with Crippen LogP contribution in [0.15, 0.2) is 18.2 Å². The van der Waals surface area contributed by atoms with Crippen molar-refractivity contribution in [3.05, 3.63) is 28.8 Å². The highest BCUT2D eigenvalue weighted by Crippen LogP contribution is 2.29. The standard InChI is InChI=1S/C16H22ClF2NO/c1-11-4-2-3-5-12(11)9-20-10-13-8-14(17)6-7-15(13)21-16(18)19/h6-8,11-12,16,20H,2-5,9-10H2,1H3. The maximum Gasteiger partial charge on any atom is 0.387 e. The lowest BCUT2D eigenvalue weighted by atomic mass is 9.80. The molecule has 0 spiro atoms. The van der Waals surface area contributed by atoms with Gasteiger partial charge >= 0.3 is 6.61 Å². The summed E-state index contributed by atoms with van der Waals surface area (Å²) < 4.78 is 29.3. The van der Waals surface area contributed by atoms with E-state index in [4.69, 9.17) is 11.6 Å². The molecule has 0 aliphatic heterocycles. The number of benzene rings is 1. The Labute approximate surface area is 129 Å². The van der Waals surface area contributed by atoms with Gasteiger partial charge in [-0.25, -0.2) is 0 Å². The number of ether oxygens (including phenoxy) is 1. The molecule has 5 heteroatoms. The van der Waals surface area contributed by atoms with Gasteiger partial charge in [-0.05, 0) is 43.0 Å². The zero-order chi connectivity index (χ0) is 15.2. The van der Waals surface area contributed by atoms with E-state index < -0.39 is 6.61 Å². The molecule has 1 aromatic rings. The highest BCUT2D eigenvalue weighted by molar-refractivity contribution is 6.30. The van der Waals surface area contributed by atoms with Crippen LogP contribution in [0.25, 0.3) is 0 Å². The van der Waals surface area contributed by atoms with Crippen molar-refractivity contribution in [2.75, 3.05) is 6.54 Å². The van der Waals surface area contributed by atoms with E-state index in [9.17, 15) is 8.78 Å². The first kappa shape index (κ1) is 16.5. The molecular formula is C16H22ClF2NO. The molecule has 0 radical (unpaired) electrons. The Hall–Kier alpha value is -0.870. The molecule has 0 bridgehead atoms. The number of hydrogen-bond donors (Lipinski definition) is 1. The Bertz CT molecular complexity index is 456. The highest BCUT2D eigenvalue weighted by atomic mass is 35.5. The van der Waals surface area contributed by atoms with Gasteiger partial charge in [0.15, 0.2) is 0 Å². The summed E-state index contributed by atoms with van der Waals surface area (Å²) in [4.78, 5) is 0. The van der Waals surface area contributed by atoms with E-state index in [0.717, 1.165) is 12.5 Å². The van der Waals surface area contributed by atoms with Gasteiger partial charge in [0.2, 0.25) is 0 Å². The van der Waals surface area contributed by atoms with Crippen molar-refractivity contribution in [1.82, 2.24) is 5.32 Å². The van der Waals surface area contributed by atoms with Crippen LogP contribution in [0.2, 0.25) is 5.02 Å². The molecule has 1 aliphatic rings. The molecular weight excluding hydrogens is 296 g/mol. The van der Waals surface area contributed by atoms with E-state index in [2.05, 4.69) is 17.0 Å². The Balaban J connectivity index is 1.91. The summed E-state index contributed by atoms with van der Waals surface area (Å²) in [6, 6.07) is 4.73. The van der Waals surface area contributed by atoms with Gasteiger partial charge in [-0.15, -0.1) is 0 Å². The van der Waals surface area contributed by atoms with Crippen LogP contribution < -0.4 is 10.1 Å². The zero-order valence-electron chi connectivity index (χ0n) is 12.2. The number of nitrogens with one attached hydrogen (secondary N) is 1. The average molecular weight is 318 g/mol. The van der Waals surface area contributed by atoms with Gasteiger partial charge in [-0.2, -0.15) is 8.78 Å². The first-order valence-electron chi connectivity index (χ1n) is 7.50. The van der Waals surface area contributed by atoms with Crippen LogP contribution >= 0.6 is 11.6 Å². The van der Waals surface area contributed by atoms with E-state index in [0.29, 0.717) is 23.0 Å². The second-order valence-electron chi connectivity index (χ2n) is 5.78. The number of halogens is 3. The summed E-state index contributed by atoms with van der Waals surface area (Å²) in [5.41, 5.74) is 0.672. The van der Waals surface area contributed by atoms with Gasteiger partial charge < -0.3 is 10.1 Å². The SMILES string of the molecule is CC1CCCCC1CNCc1cc(Cl)ccc1OC(F)F. The van der Waals surface area contributed by atoms with Crippen molar-refractivity contribution in [3.63, 3.8) is 0 Å². The van der Waals surface area contributed by atoms with Crippen LogP contribution in [-0.2, 0) is 6.54 Å². The molecule has 1 aromatic carbocycles. The zero-order valence-corrected chi connectivity index (χ0v) is 13.0. The molecule has 1 fully saturated rings. The minimum Gasteiger partial charge on any atom is -0.434 e. The minimum atomic E-state index is -2.82. The van der Waals surface area contributed by atoms with Crippen LogP contribution in [0.3, 0.4) is 0 Å². The van der Waals surface area contributed by atoms with Gasteiger partial charge in [-0.1, -0.05) is 37.8 Å². The summed E-state index contributed by atoms with van der Waals surface area (Å²) in [7, 11) is 0. The number of rotatable bonds is 6. The molecule has 0 heterocycles. The second kappa shape index (κ2) is 7.95. The minimum absolute atomic E-state index is 0.193. The third-order valence-electron chi connectivity index (χ3n) is 4.25. The fraction of sp³-hybridized carbons (Fsp3) is 0.625. The van der Waals surface area contributed by atoms with Crippen LogP contribution in [0.1, 0.15) is 38.2 Å². The van der Waals surface area contributed by atoms with Crippen LogP contribution in [-0.4, -0.2) is 13.2 Å². The molecule has 1 N–H and O–H groups in total. The molecule has 0 aromatic heterocycles. The Kier molecular flexibility index (Phi) is 6.24. The maximum atomic E-state index is 12.4. The molecule has 2 atom stereocenters. The predicted octanol–water partition coefficient (Wildman–Crippen LogP) is 4.86. The first-order chi connectivity index (χ1) is 10.1. The van der Waals surface area contributed by atoms with Crippen LogP contribution in [0.5, 0.6) is 5.75 Å². The molecule has 2 unspecified atom stereocenters. The van der Waals surface area contributed by atoms with Gasteiger partial charge in [0.25, 0.3) is 0 Å². The van der Waals surface area contributed by atoms with Crippen LogP contribution in [0.4, 0.5) is 8.78 Å². The van der Waals surface area contributed by atoms with E-state index in [-0.39, 0.29) is 5.75 Å². The fourth-order valence-corrected chi connectivity index (χ4v) is 3.18. The van der Waals surface area contributed by atoms with E-state index in [1.165, 1.54) is 31.7 Å². The summed E-state index contributed by atoms with van der Waals surface area (Å²) in [6.07, 6.45) is 5.12. The Morgan fingerprint density at radius 3 is 2.81 bits per heavy atom. The highest BCUT2D eigenvalue weighted by Gasteiger charge is 2.20. The molecule has 21 heavy (non-hydrogen) atoms. The molecule has 118 valence electrons. The van der Waals surface area contributed by atoms with Gasteiger partial charge in [-0.3, -0.25) is 0 Å². The fourth-order valence-electron chi connectivity index (χ4n) is 2.99. The van der Waals surface area contributed by atoms with Gasteiger partial charge in [0.05, 0.1) is 0 Å². The summed E-state index contributed by atoms with van der Waals surface area (Å²) in [5, 5.41) is 3.89. The third kappa shape index (κ3) is 5.11. The monoisotopic (exact) mass is 317 g/mol. The molecule has 2 nitrogen and oxygen atoms in total. The van der Waals surface area contributed by atoms with Crippen molar-refractivity contribution in [2.24, 2.45) is 11.8 Å². The second-order valence-corrected chi connectivity index (χ2v) is 6.22. The lowest BCUT2D eigenvalue weighted by Gasteiger charge is -2.29. The summed E-state index contributed by atoms with van der Waals surface area (Å²) >= 11 is 5.93. The van der Waals surface area contributed by atoms with Crippen LogP contribution in [0, 0.1) is 11.8 Å². The predicted molar refractivity (Wildman–Crippen MR) is 80.9 cm³/mol. The van der Waals surface area contributed by atoms with Crippen molar-refractivity contribution in [1.29, 1.82) is 0 Å². The molecule has 1 saturated carbocycles. The molecule has 2 rings (SSSR count). The van der Waals surface area contributed by atoms with E-state index in [1.807, 2.05) is 0 Å². The lowest BCUT2D eigenvalue weighted by Crippen LogP contribution is -2.29. The number of hydrogen-bond acceptors (Lipinski definition) is 2. The smallest absolute Gasteiger partial charge is 0.387 e. The largest absolute Gasteiger partial charge is 0.434 e. The summed E-state index contributed by atoms with van der Waals surface area (Å²) in [6.45, 7) is 0.868. The van der Waals surface area contributed by atoms with Gasteiger partial charge in [0, 0.05) is 17.1 Å². The third-order valence-corrected chi connectivity index (χ3v) is 4.48. The number of alkyl halides is 2. The Morgan fingerprint density at radius 2 is 2.10 bits per heavy atom. The van der Waals surface area contributed by atoms with Gasteiger partial charge in [0.1, 0.15) is 5.75 Å².